The van der Waals surface area contributed by atoms with Crippen LogP contribution in [-0.2, 0) is 21.4 Å². The molecular weight excluding hydrogens is 462 g/mol. The molecular formula is C23H25N3O5S2. The Morgan fingerprint density at radius 1 is 1.18 bits per heavy atom. The van der Waals surface area contributed by atoms with Crippen molar-refractivity contribution >= 4 is 44.7 Å². The number of para-hydroxylation sites is 1. The lowest BCUT2D eigenvalue weighted by Gasteiger charge is -2.12. The molecule has 0 saturated heterocycles. The predicted octanol–water partition coefficient (Wildman–Crippen LogP) is 4.45. The number of carbonyl (C=O) groups is 1. The van der Waals surface area contributed by atoms with Crippen LogP contribution in [0.2, 0.25) is 0 Å². The Hall–Kier alpha value is -3.37. The molecule has 0 spiro atoms. The molecule has 33 heavy (non-hydrogen) atoms. The lowest BCUT2D eigenvalue weighted by Crippen LogP contribution is -2.15. The van der Waals surface area contributed by atoms with E-state index in [1.54, 1.807) is 36.5 Å². The van der Waals surface area contributed by atoms with Gasteiger partial charge in [-0.1, -0.05) is 18.2 Å². The van der Waals surface area contributed by atoms with Crippen LogP contribution in [0, 0.1) is 6.92 Å². The summed E-state index contributed by atoms with van der Waals surface area (Å²) in [4.78, 5) is 16.8. The van der Waals surface area contributed by atoms with Crippen LogP contribution in [0.15, 0.2) is 53.9 Å². The van der Waals surface area contributed by atoms with Gasteiger partial charge in [0.2, 0.25) is 15.9 Å². The molecule has 174 valence electrons. The molecule has 3 rings (SSSR count). The smallest absolute Gasteiger partial charge is 0.248 e. The van der Waals surface area contributed by atoms with Crippen LogP contribution in [0.4, 0.5) is 11.4 Å². The zero-order chi connectivity index (χ0) is 23.8. The maximum absolute atomic E-state index is 12.4. The van der Waals surface area contributed by atoms with Gasteiger partial charge in [0.05, 0.1) is 29.3 Å². The second kappa shape index (κ2) is 11.0. The Labute approximate surface area is 197 Å². The minimum Gasteiger partial charge on any atom is -0.494 e. The zero-order valence-electron chi connectivity index (χ0n) is 18.5. The molecule has 10 heteroatoms. The van der Waals surface area contributed by atoms with Gasteiger partial charge in [-0.15, -0.1) is 11.3 Å². The van der Waals surface area contributed by atoms with Gasteiger partial charge < -0.3 is 14.8 Å². The molecule has 0 aliphatic heterocycles. The maximum Gasteiger partial charge on any atom is 0.248 e. The summed E-state index contributed by atoms with van der Waals surface area (Å²) in [7, 11) is -2.02. The molecule has 0 aliphatic carbocycles. The number of methoxy groups -OCH3 is 1. The van der Waals surface area contributed by atoms with E-state index in [-0.39, 0.29) is 11.7 Å². The first-order valence-corrected chi connectivity index (χ1v) is 12.6. The summed E-state index contributed by atoms with van der Waals surface area (Å²) in [5.74, 6) is 0.517. The first-order chi connectivity index (χ1) is 15.8. The van der Waals surface area contributed by atoms with Crippen LogP contribution in [0.5, 0.6) is 11.5 Å². The number of benzene rings is 2. The minimum atomic E-state index is -3.45. The van der Waals surface area contributed by atoms with Crippen molar-refractivity contribution in [3.63, 3.8) is 0 Å². The Bertz CT molecular complexity index is 1250. The number of nitrogens with one attached hydrogen (secondary N) is 2. The van der Waals surface area contributed by atoms with Crippen molar-refractivity contribution in [1.82, 2.24) is 4.98 Å². The molecule has 0 unspecified atom stereocenters. The van der Waals surface area contributed by atoms with Crippen LogP contribution in [-0.4, -0.2) is 32.2 Å². The number of thiazole rings is 1. The minimum absolute atomic E-state index is 0.0615. The highest BCUT2D eigenvalue weighted by molar-refractivity contribution is 7.92. The van der Waals surface area contributed by atoms with E-state index in [0.29, 0.717) is 29.5 Å². The third-order valence-electron chi connectivity index (χ3n) is 4.49. The number of carbonyl (C=O) groups excluding carboxylic acids is 1. The molecule has 0 fully saturated rings. The van der Waals surface area contributed by atoms with Crippen molar-refractivity contribution in [2.45, 2.75) is 20.5 Å². The maximum atomic E-state index is 12.4. The number of aryl methyl sites for hydroxylation is 1. The second-order valence-corrected chi connectivity index (χ2v) is 10.0. The summed E-state index contributed by atoms with van der Waals surface area (Å²) in [6.07, 6.45) is 3.06. The van der Waals surface area contributed by atoms with Crippen LogP contribution < -0.4 is 19.5 Å². The summed E-state index contributed by atoms with van der Waals surface area (Å²) in [6.45, 7) is 3.82. The lowest BCUT2D eigenvalue weighted by atomic mass is 10.2. The molecule has 0 bridgehead atoms. The first kappa shape index (κ1) is 24.3. The lowest BCUT2D eigenvalue weighted by molar-refractivity contribution is -0.111. The molecule has 1 amide bonds. The molecule has 1 heterocycles. The van der Waals surface area contributed by atoms with Gasteiger partial charge in [0.25, 0.3) is 0 Å². The Morgan fingerprint density at radius 3 is 2.67 bits per heavy atom. The van der Waals surface area contributed by atoms with Crippen LogP contribution in [0.25, 0.3) is 6.08 Å². The number of nitrogens with zero attached hydrogens (tertiary/aromatic N) is 1. The molecule has 0 aliphatic rings. The Balaban J connectivity index is 1.66. The monoisotopic (exact) mass is 487 g/mol. The van der Waals surface area contributed by atoms with Crippen molar-refractivity contribution in [3.05, 3.63) is 70.2 Å². The fraction of sp³-hybridized carbons (Fsp3) is 0.217. The van der Waals surface area contributed by atoms with E-state index in [4.69, 9.17) is 9.47 Å². The van der Waals surface area contributed by atoms with E-state index in [2.05, 4.69) is 15.0 Å². The summed E-state index contributed by atoms with van der Waals surface area (Å²) in [5.41, 5.74) is 2.37. The summed E-state index contributed by atoms with van der Waals surface area (Å²) < 4.78 is 37.2. The number of hydrogen-bond donors (Lipinski definition) is 2. The SMILES string of the molecule is CCS(=O)(=O)Nc1ccc(NC(=O)C=Cc2ccccc2OCc2csc(C)n2)cc1OC. The van der Waals surface area contributed by atoms with Crippen molar-refractivity contribution < 1.29 is 22.7 Å². The third kappa shape index (κ3) is 7.06. The van der Waals surface area contributed by atoms with Gasteiger partial charge in [0.1, 0.15) is 18.1 Å². The topological polar surface area (TPSA) is 107 Å². The quantitative estimate of drug-likeness (QED) is 0.409. The average Bonchev–Trinajstić information content (AvgIpc) is 3.22. The molecule has 1 aromatic heterocycles. The summed E-state index contributed by atoms with van der Waals surface area (Å²) in [5, 5.41) is 5.67. The van der Waals surface area contributed by atoms with Crippen molar-refractivity contribution in [2.75, 3.05) is 22.9 Å². The van der Waals surface area contributed by atoms with E-state index >= 15 is 0 Å². The van der Waals surface area contributed by atoms with E-state index in [0.717, 1.165) is 16.3 Å². The molecule has 2 N–H and O–H groups in total. The third-order valence-corrected chi connectivity index (χ3v) is 6.60. The van der Waals surface area contributed by atoms with E-state index in [9.17, 15) is 13.2 Å². The van der Waals surface area contributed by atoms with Gasteiger partial charge in [0, 0.05) is 28.8 Å². The number of hydrogen-bond acceptors (Lipinski definition) is 7. The van der Waals surface area contributed by atoms with E-state index < -0.39 is 10.0 Å². The van der Waals surface area contributed by atoms with Gasteiger partial charge in [-0.3, -0.25) is 9.52 Å². The summed E-state index contributed by atoms with van der Waals surface area (Å²) in [6, 6.07) is 12.1. The Kier molecular flexibility index (Phi) is 8.07. The number of aromatic nitrogens is 1. The number of ether oxygens (including phenoxy) is 2. The second-order valence-electron chi connectivity index (χ2n) is 6.93. The fourth-order valence-electron chi connectivity index (χ4n) is 2.82. The van der Waals surface area contributed by atoms with Gasteiger partial charge in [0.15, 0.2) is 0 Å². The van der Waals surface area contributed by atoms with Gasteiger partial charge in [-0.25, -0.2) is 13.4 Å². The normalized spacial score (nSPS) is 11.4. The van der Waals surface area contributed by atoms with Crippen LogP contribution in [0.1, 0.15) is 23.2 Å². The van der Waals surface area contributed by atoms with Crippen LogP contribution >= 0.6 is 11.3 Å². The average molecular weight is 488 g/mol. The molecule has 2 aromatic carbocycles. The highest BCUT2D eigenvalue weighted by Crippen LogP contribution is 2.29. The number of rotatable bonds is 10. The van der Waals surface area contributed by atoms with Gasteiger partial charge >= 0.3 is 0 Å². The van der Waals surface area contributed by atoms with Crippen molar-refractivity contribution in [3.8, 4) is 11.5 Å². The van der Waals surface area contributed by atoms with E-state index in [1.165, 1.54) is 19.3 Å². The molecule has 3 aromatic rings. The van der Waals surface area contributed by atoms with Gasteiger partial charge in [-0.2, -0.15) is 0 Å². The Morgan fingerprint density at radius 2 is 1.97 bits per heavy atom. The van der Waals surface area contributed by atoms with Crippen molar-refractivity contribution in [1.29, 1.82) is 0 Å². The number of anilines is 2. The molecule has 0 radical (unpaired) electrons. The standard InChI is InChI=1S/C23H25N3O5S2/c1-4-33(28,29)26-20-11-10-18(13-22(20)30-3)25-23(27)12-9-17-7-5-6-8-21(17)31-14-19-15-32-16(2)24-19/h5-13,15,26H,4,14H2,1-3H3,(H,25,27). The predicted molar refractivity (Wildman–Crippen MR) is 131 cm³/mol. The highest BCUT2D eigenvalue weighted by Gasteiger charge is 2.12. The summed E-state index contributed by atoms with van der Waals surface area (Å²) >= 11 is 1.57. The van der Waals surface area contributed by atoms with Crippen LogP contribution in [0.3, 0.4) is 0 Å². The largest absolute Gasteiger partial charge is 0.494 e. The number of sulfonamides is 1. The fourth-order valence-corrected chi connectivity index (χ4v) is 4.06. The number of amides is 1. The molecule has 8 nitrogen and oxygen atoms in total. The highest BCUT2D eigenvalue weighted by atomic mass is 32.2. The molecule has 0 saturated carbocycles. The first-order valence-electron chi connectivity index (χ1n) is 10.1. The van der Waals surface area contributed by atoms with E-state index in [1.807, 2.05) is 36.6 Å². The van der Waals surface area contributed by atoms with Gasteiger partial charge in [-0.05, 0) is 38.1 Å². The molecule has 0 atom stereocenters. The zero-order valence-corrected chi connectivity index (χ0v) is 20.1. The van der Waals surface area contributed by atoms with Crippen molar-refractivity contribution in [2.24, 2.45) is 0 Å².